The molecule has 0 heterocycles. The molecule has 0 radical (unpaired) electrons. The predicted molar refractivity (Wildman–Crippen MR) is 109 cm³/mol. The van der Waals surface area contributed by atoms with Gasteiger partial charge >= 0.3 is 0 Å². The number of thioether (sulfide) groups is 2. The van der Waals surface area contributed by atoms with Crippen LogP contribution < -0.4 is 5.32 Å². The monoisotopic (exact) mass is 371 g/mol. The fourth-order valence-corrected chi connectivity index (χ4v) is 5.08. The average molecular weight is 372 g/mol. The summed E-state index contributed by atoms with van der Waals surface area (Å²) >= 11 is 3.82. The van der Waals surface area contributed by atoms with Crippen LogP contribution in [-0.4, -0.2) is 23.5 Å². The molecule has 1 aliphatic rings. The molecular formula is C21H25NOS2. The van der Waals surface area contributed by atoms with Crippen molar-refractivity contribution in [1.29, 1.82) is 0 Å². The Morgan fingerprint density at radius 1 is 1.00 bits per heavy atom. The normalized spacial score (nSPS) is 14.6. The molecule has 0 aromatic heterocycles. The minimum atomic E-state index is 0.0364. The Bertz CT molecular complexity index is 651. The zero-order valence-electron chi connectivity index (χ0n) is 14.4. The van der Waals surface area contributed by atoms with Gasteiger partial charge < -0.3 is 5.32 Å². The van der Waals surface area contributed by atoms with Crippen LogP contribution in [0.4, 0.5) is 0 Å². The van der Waals surface area contributed by atoms with Gasteiger partial charge in [-0.3, -0.25) is 4.79 Å². The molecule has 0 unspecified atom stereocenters. The van der Waals surface area contributed by atoms with Crippen LogP contribution in [0.15, 0.2) is 59.5 Å². The van der Waals surface area contributed by atoms with E-state index in [0.717, 1.165) is 28.9 Å². The first-order valence-corrected chi connectivity index (χ1v) is 11.0. The van der Waals surface area contributed by atoms with E-state index in [4.69, 9.17) is 0 Å². The number of hydrogen-bond donors (Lipinski definition) is 1. The molecule has 1 aliphatic carbocycles. The average Bonchev–Trinajstić information content (AvgIpc) is 3.18. The van der Waals surface area contributed by atoms with Gasteiger partial charge in [0.15, 0.2) is 0 Å². The first-order chi connectivity index (χ1) is 12.3. The van der Waals surface area contributed by atoms with Crippen LogP contribution >= 0.6 is 23.5 Å². The van der Waals surface area contributed by atoms with E-state index in [1.54, 1.807) is 0 Å². The Labute approximate surface area is 159 Å². The summed E-state index contributed by atoms with van der Waals surface area (Å²) in [5.41, 5.74) is 1.99. The molecule has 1 fully saturated rings. The van der Waals surface area contributed by atoms with Crippen LogP contribution in [0.3, 0.4) is 0 Å². The number of carbonyl (C=O) groups excluding carboxylic acids is 1. The van der Waals surface area contributed by atoms with E-state index < -0.39 is 0 Å². The van der Waals surface area contributed by atoms with Crippen molar-refractivity contribution in [3.63, 3.8) is 0 Å². The number of amides is 1. The van der Waals surface area contributed by atoms with Gasteiger partial charge in [0.1, 0.15) is 0 Å². The molecule has 0 saturated heterocycles. The van der Waals surface area contributed by atoms with Crippen molar-refractivity contribution < 1.29 is 4.79 Å². The summed E-state index contributed by atoms with van der Waals surface area (Å²) in [5, 5.41) is 3.85. The molecule has 2 aromatic carbocycles. The molecular weight excluding hydrogens is 346 g/mol. The summed E-state index contributed by atoms with van der Waals surface area (Å²) in [7, 11) is 0. The highest BCUT2D eigenvalue weighted by Gasteiger charge is 2.14. The number of rotatable bonds is 8. The highest BCUT2D eigenvalue weighted by atomic mass is 32.2. The fraction of sp³-hybridized carbons (Fsp3) is 0.381. The zero-order chi connectivity index (χ0) is 17.3. The second-order valence-corrected chi connectivity index (χ2v) is 8.79. The fourth-order valence-electron chi connectivity index (χ4n) is 2.98. The van der Waals surface area contributed by atoms with E-state index in [-0.39, 0.29) is 5.91 Å². The zero-order valence-corrected chi connectivity index (χ0v) is 16.1. The van der Waals surface area contributed by atoms with Crippen LogP contribution in [0.25, 0.3) is 0 Å². The van der Waals surface area contributed by atoms with Gasteiger partial charge in [-0.25, -0.2) is 0 Å². The maximum absolute atomic E-state index is 12.2. The van der Waals surface area contributed by atoms with Crippen molar-refractivity contribution in [3.8, 4) is 0 Å². The molecule has 0 bridgehead atoms. The highest BCUT2D eigenvalue weighted by Crippen LogP contribution is 2.28. The standard InChI is InChI=1S/C21H25NOS2/c23-21(22-14-15-24-19-8-4-5-9-19)18-12-10-17(11-13-18)16-25-20-6-2-1-3-7-20/h1-3,6-7,10-13,19H,4-5,8-9,14-16H2,(H,22,23). The second-order valence-electron chi connectivity index (χ2n) is 6.33. The molecule has 2 nitrogen and oxygen atoms in total. The van der Waals surface area contributed by atoms with E-state index in [1.807, 2.05) is 41.7 Å². The number of carbonyl (C=O) groups is 1. The summed E-state index contributed by atoms with van der Waals surface area (Å²) in [6, 6.07) is 18.4. The molecule has 1 N–H and O–H groups in total. The molecule has 1 saturated carbocycles. The van der Waals surface area contributed by atoms with Gasteiger partial charge in [0.05, 0.1) is 0 Å². The topological polar surface area (TPSA) is 29.1 Å². The number of benzene rings is 2. The van der Waals surface area contributed by atoms with Crippen molar-refractivity contribution in [2.45, 2.75) is 41.6 Å². The van der Waals surface area contributed by atoms with Crippen LogP contribution in [0, 0.1) is 0 Å². The molecule has 0 spiro atoms. The maximum atomic E-state index is 12.2. The molecule has 2 aromatic rings. The molecule has 132 valence electrons. The van der Waals surface area contributed by atoms with Gasteiger partial charge in [-0.1, -0.05) is 43.2 Å². The second kappa shape index (κ2) is 9.93. The SMILES string of the molecule is O=C(NCCSC1CCCC1)c1ccc(CSc2ccccc2)cc1. The quantitative estimate of drug-likeness (QED) is 0.499. The van der Waals surface area contributed by atoms with Crippen molar-refractivity contribution in [1.82, 2.24) is 5.32 Å². The van der Waals surface area contributed by atoms with E-state index in [2.05, 4.69) is 41.7 Å². The van der Waals surface area contributed by atoms with Gasteiger partial charge in [0, 0.05) is 33.8 Å². The van der Waals surface area contributed by atoms with Gasteiger partial charge in [-0.15, -0.1) is 11.8 Å². The summed E-state index contributed by atoms with van der Waals surface area (Å²) in [6.45, 7) is 0.756. The Balaban J connectivity index is 1.39. The molecule has 1 amide bonds. The Hall–Kier alpha value is -1.39. The lowest BCUT2D eigenvalue weighted by atomic mass is 10.1. The minimum absolute atomic E-state index is 0.0364. The van der Waals surface area contributed by atoms with Crippen molar-refractivity contribution in [3.05, 3.63) is 65.7 Å². The van der Waals surface area contributed by atoms with Crippen LogP contribution in [0.5, 0.6) is 0 Å². The van der Waals surface area contributed by atoms with Gasteiger partial charge in [0.25, 0.3) is 5.91 Å². The summed E-state index contributed by atoms with van der Waals surface area (Å²) < 4.78 is 0. The van der Waals surface area contributed by atoms with Crippen molar-refractivity contribution >= 4 is 29.4 Å². The third-order valence-corrected chi connectivity index (χ3v) is 6.87. The highest BCUT2D eigenvalue weighted by molar-refractivity contribution is 7.99. The predicted octanol–water partition coefficient (Wildman–Crippen LogP) is 5.38. The number of hydrogen-bond acceptors (Lipinski definition) is 3. The first-order valence-electron chi connectivity index (χ1n) is 8.98. The van der Waals surface area contributed by atoms with Crippen molar-refractivity contribution in [2.75, 3.05) is 12.3 Å². The Morgan fingerprint density at radius 2 is 1.72 bits per heavy atom. The summed E-state index contributed by atoms with van der Waals surface area (Å²) in [5.74, 6) is 1.97. The van der Waals surface area contributed by atoms with Gasteiger partial charge in [-0.2, -0.15) is 11.8 Å². The molecule has 0 atom stereocenters. The summed E-state index contributed by atoms with van der Waals surface area (Å²) in [6.07, 6.45) is 5.44. The third kappa shape index (κ3) is 6.12. The molecule has 0 aliphatic heterocycles. The Kier molecular flexibility index (Phi) is 7.31. The lowest BCUT2D eigenvalue weighted by Crippen LogP contribution is -2.26. The lowest BCUT2D eigenvalue weighted by Gasteiger charge is -2.09. The van der Waals surface area contributed by atoms with E-state index in [1.165, 1.54) is 36.1 Å². The van der Waals surface area contributed by atoms with Crippen LogP contribution in [0.1, 0.15) is 41.6 Å². The largest absolute Gasteiger partial charge is 0.351 e. The molecule has 3 rings (SSSR count). The third-order valence-electron chi connectivity index (χ3n) is 4.41. The minimum Gasteiger partial charge on any atom is -0.351 e. The van der Waals surface area contributed by atoms with E-state index in [9.17, 15) is 4.79 Å². The maximum Gasteiger partial charge on any atom is 0.251 e. The smallest absolute Gasteiger partial charge is 0.251 e. The van der Waals surface area contributed by atoms with Gasteiger partial charge in [-0.05, 0) is 42.7 Å². The van der Waals surface area contributed by atoms with Crippen LogP contribution in [-0.2, 0) is 5.75 Å². The number of nitrogens with one attached hydrogen (secondary N) is 1. The lowest BCUT2D eigenvalue weighted by molar-refractivity contribution is 0.0956. The van der Waals surface area contributed by atoms with E-state index in [0.29, 0.717) is 0 Å². The first kappa shape index (κ1) is 18.4. The molecule has 4 heteroatoms. The molecule has 25 heavy (non-hydrogen) atoms. The van der Waals surface area contributed by atoms with Crippen LogP contribution in [0.2, 0.25) is 0 Å². The van der Waals surface area contributed by atoms with Crippen molar-refractivity contribution in [2.24, 2.45) is 0 Å². The van der Waals surface area contributed by atoms with E-state index >= 15 is 0 Å². The van der Waals surface area contributed by atoms with Gasteiger partial charge in [0.2, 0.25) is 0 Å². The Morgan fingerprint density at radius 3 is 2.44 bits per heavy atom. The summed E-state index contributed by atoms with van der Waals surface area (Å²) in [4.78, 5) is 13.5.